The van der Waals surface area contributed by atoms with Crippen molar-refractivity contribution in [3.63, 3.8) is 0 Å². The molecule has 1 N–H and O–H groups in total. The quantitative estimate of drug-likeness (QED) is 0.455. The lowest BCUT2D eigenvalue weighted by Gasteiger charge is -2.30. The van der Waals surface area contributed by atoms with Crippen molar-refractivity contribution >= 4 is 29.3 Å². The second kappa shape index (κ2) is 11.0. The van der Waals surface area contributed by atoms with Crippen LogP contribution in [-0.2, 0) is 14.4 Å². The van der Waals surface area contributed by atoms with Gasteiger partial charge in [0.2, 0.25) is 11.8 Å². The van der Waals surface area contributed by atoms with E-state index in [0.717, 1.165) is 16.0 Å². The zero-order valence-electron chi connectivity index (χ0n) is 20.0. The lowest BCUT2D eigenvalue weighted by atomic mass is 10.0. The van der Waals surface area contributed by atoms with Gasteiger partial charge in [-0.1, -0.05) is 19.9 Å². The fraction of sp³-hybridized carbons (Fsp3) is 0.360. The molecule has 0 radical (unpaired) electrons. The number of nitrogens with one attached hydrogen (secondary N) is 1. The van der Waals surface area contributed by atoms with Gasteiger partial charge in [-0.2, -0.15) is 0 Å². The monoisotopic (exact) mass is 485 g/mol. The highest BCUT2D eigenvalue weighted by Gasteiger charge is 2.46. The number of hydrogen-bond donors (Lipinski definition) is 1. The number of anilines is 1. The van der Waals surface area contributed by atoms with Crippen LogP contribution in [0, 0.1) is 11.7 Å². The fourth-order valence-electron chi connectivity index (χ4n) is 3.98. The van der Waals surface area contributed by atoms with Crippen LogP contribution in [0.5, 0.6) is 11.5 Å². The van der Waals surface area contributed by atoms with E-state index in [1.54, 1.807) is 0 Å². The van der Waals surface area contributed by atoms with Crippen LogP contribution in [0.1, 0.15) is 43.5 Å². The molecule has 1 atom stereocenters. The number of rotatable bonds is 8. The third-order valence-corrected chi connectivity index (χ3v) is 5.94. The van der Waals surface area contributed by atoms with Crippen LogP contribution in [0.2, 0.25) is 0 Å². The van der Waals surface area contributed by atoms with Crippen molar-refractivity contribution in [2.45, 2.75) is 39.2 Å². The maximum absolute atomic E-state index is 13.7. The first-order valence-corrected chi connectivity index (χ1v) is 11.2. The Labute approximate surface area is 202 Å². The van der Waals surface area contributed by atoms with E-state index in [1.807, 2.05) is 13.8 Å². The zero-order chi connectivity index (χ0) is 25.7. The normalized spacial score (nSPS) is 15.4. The SMILES string of the molecule is CCC(CC)C(=O)N(NC(=O)c1ccc(OC)c(OC)c1)C1CC(=O)N(c2cccc(F)c2)C1=O. The number of carbonyl (C=O) groups excluding carboxylic acids is 4. The molecular formula is C25H28FN3O6. The van der Waals surface area contributed by atoms with Crippen LogP contribution in [0.25, 0.3) is 0 Å². The molecule has 1 aliphatic rings. The zero-order valence-corrected chi connectivity index (χ0v) is 20.0. The van der Waals surface area contributed by atoms with Crippen molar-refractivity contribution < 1.29 is 33.0 Å². The van der Waals surface area contributed by atoms with Crippen LogP contribution >= 0.6 is 0 Å². The van der Waals surface area contributed by atoms with E-state index in [0.29, 0.717) is 24.3 Å². The summed E-state index contributed by atoms with van der Waals surface area (Å²) in [5.41, 5.74) is 2.74. The molecule has 0 aliphatic carbocycles. The number of benzene rings is 2. The second-order valence-electron chi connectivity index (χ2n) is 8.00. The van der Waals surface area contributed by atoms with Gasteiger partial charge in [0.05, 0.1) is 26.3 Å². The summed E-state index contributed by atoms with van der Waals surface area (Å²) in [6.07, 6.45) is 0.592. The summed E-state index contributed by atoms with van der Waals surface area (Å²) in [7, 11) is 2.88. The molecule has 0 bridgehead atoms. The molecule has 1 heterocycles. The van der Waals surface area contributed by atoms with Crippen molar-refractivity contribution in [1.82, 2.24) is 10.4 Å². The molecule has 9 nitrogen and oxygen atoms in total. The van der Waals surface area contributed by atoms with Gasteiger partial charge in [-0.3, -0.25) is 24.6 Å². The van der Waals surface area contributed by atoms with E-state index in [1.165, 1.54) is 50.6 Å². The topological polar surface area (TPSA) is 105 Å². The molecule has 0 saturated carbocycles. The van der Waals surface area contributed by atoms with Crippen molar-refractivity contribution in [3.05, 3.63) is 53.8 Å². The number of nitrogens with zero attached hydrogens (tertiary/aromatic N) is 2. The van der Waals surface area contributed by atoms with Crippen molar-refractivity contribution in [2.24, 2.45) is 5.92 Å². The van der Waals surface area contributed by atoms with Crippen LogP contribution in [0.3, 0.4) is 0 Å². The van der Waals surface area contributed by atoms with Crippen LogP contribution < -0.4 is 19.8 Å². The predicted octanol–water partition coefficient (Wildman–Crippen LogP) is 3.08. The molecule has 10 heteroatoms. The van der Waals surface area contributed by atoms with E-state index in [2.05, 4.69) is 5.43 Å². The summed E-state index contributed by atoms with van der Waals surface area (Å²) in [6.45, 7) is 3.64. The number of carbonyl (C=O) groups is 4. The van der Waals surface area contributed by atoms with Crippen molar-refractivity contribution in [1.29, 1.82) is 0 Å². The highest BCUT2D eigenvalue weighted by atomic mass is 19.1. The number of amides is 4. The summed E-state index contributed by atoms with van der Waals surface area (Å²) in [6, 6.07) is 8.25. The summed E-state index contributed by atoms with van der Waals surface area (Å²) in [5, 5.41) is 0.941. The molecule has 2 aromatic carbocycles. The predicted molar refractivity (Wildman–Crippen MR) is 125 cm³/mol. The van der Waals surface area contributed by atoms with E-state index < -0.39 is 41.4 Å². The van der Waals surface area contributed by atoms with Gasteiger partial charge in [0, 0.05) is 11.5 Å². The average Bonchev–Trinajstić information content (AvgIpc) is 3.15. The minimum Gasteiger partial charge on any atom is -0.493 e. The Balaban J connectivity index is 1.95. The number of halogens is 1. The van der Waals surface area contributed by atoms with Crippen LogP contribution in [0.15, 0.2) is 42.5 Å². The van der Waals surface area contributed by atoms with Gasteiger partial charge < -0.3 is 9.47 Å². The summed E-state index contributed by atoms with van der Waals surface area (Å²) in [4.78, 5) is 53.3. The third kappa shape index (κ3) is 5.26. The lowest BCUT2D eigenvalue weighted by molar-refractivity contribution is -0.145. The lowest BCUT2D eigenvalue weighted by Crippen LogP contribution is -2.56. The molecule has 35 heavy (non-hydrogen) atoms. The van der Waals surface area contributed by atoms with Gasteiger partial charge in [-0.25, -0.2) is 14.3 Å². The van der Waals surface area contributed by atoms with Gasteiger partial charge in [0.15, 0.2) is 11.5 Å². The Morgan fingerprint density at radius 2 is 1.77 bits per heavy atom. The minimum absolute atomic E-state index is 0.0589. The van der Waals surface area contributed by atoms with E-state index >= 15 is 0 Å². The highest BCUT2D eigenvalue weighted by Crippen LogP contribution is 2.29. The molecule has 0 spiro atoms. The molecule has 1 aliphatic heterocycles. The van der Waals surface area contributed by atoms with Gasteiger partial charge in [0.1, 0.15) is 11.9 Å². The second-order valence-corrected chi connectivity index (χ2v) is 8.00. The van der Waals surface area contributed by atoms with Crippen molar-refractivity contribution in [3.8, 4) is 11.5 Å². The first kappa shape index (κ1) is 25.7. The Morgan fingerprint density at radius 1 is 1.09 bits per heavy atom. The molecule has 1 fully saturated rings. The largest absolute Gasteiger partial charge is 0.493 e. The van der Waals surface area contributed by atoms with Gasteiger partial charge in [0.25, 0.3) is 11.8 Å². The first-order chi connectivity index (χ1) is 16.7. The van der Waals surface area contributed by atoms with E-state index in [4.69, 9.17) is 9.47 Å². The number of hydrogen-bond acceptors (Lipinski definition) is 6. The third-order valence-electron chi connectivity index (χ3n) is 5.94. The Kier molecular flexibility index (Phi) is 8.06. The average molecular weight is 486 g/mol. The van der Waals surface area contributed by atoms with Gasteiger partial charge in [-0.05, 0) is 49.2 Å². The molecule has 0 aromatic heterocycles. The molecule has 3 rings (SSSR count). The summed E-state index contributed by atoms with van der Waals surface area (Å²) >= 11 is 0. The van der Waals surface area contributed by atoms with Crippen LogP contribution in [0.4, 0.5) is 10.1 Å². The van der Waals surface area contributed by atoms with Crippen LogP contribution in [-0.4, -0.2) is 48.9 Å². The Morgan fingerprint density at radius 3 is 2.37 bits per heavy atom. The molecule has 1 saturated heterocycles. The number of ether oxygens (including phenoxy) is 2. The van der Waals surface area contributed by atoms with Gasteiger partial charge >= 0.3 is 0 Å². The molecular weight excluding hydrogens is 457 g/mol. The van der Waals surface area contributed by atoms with E-state index in [9.17, 15) is 23.6 Å². The molecule has 186 valence electrons. The maximum atomic E-state index is 13.7. The molecule has 1 unspecified atom stereocenters. The molecule has 2 aromatic rings. The Bertz CT molecular complexity index is 1130. The summed E-state index contributed by atoms with van der Waals surface area (Å²) < 4.78 is 24.2. The number of imide groups is 1. The number of hydrazine groups is 1. The van der Waals surface area contributed by atoms with Gasteiger partial charge in [-0.15, -0.1) is 0 Å². The standard InChI is InChI=1S/C25H28FN3O6/c1-5-15(6-2)24(32)29(27-23(31)16-10-11-20(34-3)21(12-16)35-4)19-14-22(30)28(25(19)33)18-9-7-8-17(26)13-18/h7-13,15,19H,5-6,14H2,1-4H3,(H,27,31). The maximum Gasteiger partial charge on any atom is 0.270 e. The minimum atomic E-state index is -1.28. The molecule has 4 amide bonds. The Hall–Kier alpha value is -3.95. The smallest absolute Gasteiger partial charge is 0.270 e. The summed E-state index contributed by atoms with van der Waals surface area (Å²) in [5.74, 6) is -2.87. The van der Waals surface area contributed by atoms with E-state index in [-0.39, 0.29) is 17.7 Å². The van der Waals surface area contributed by atoms with Crippen molar-refractivity contribution in [2.75, 3.05) is 19.1 Å². The number of methoxy groups -OCH3 is 2. The highest BCUT2D eigenvalue weighted by molar-refractivity contribution is 6.23. The first-order valence-electron chi connectivity index (χ1n) is 11.2. The fourth-order valence-corrected chi connectivity index (χ4v) is 3.98.